The Kier molecular flexibility index (Phi) is 4.53. The topological polar surface area (TPSA) is 54.3 Å². The molecule has 6 heteroatoms. The molecule has 1 fully saturated rings. The molecule has 0 atom stereocenters. The molecule has 0 spiro atoms. The molecule has 1 aromatic heterocycles. The van der Waals surface area contributed by atoms with E-state index in [1.54, 1.807) is 24.3 Å². The number of hydrogen-bond donors (Lipinski definition) is 1. The highest BCUT2D eigenvalue weighted by atomic mass is 19.1. The van der Waals surface area contributed by atoms with E-state index in [2.05, 4.69) is 11.9 Å². The number of para-hydroxylation sites is 1. The second kappa shape index (κ2) is 7.15. The minimum atomic E-state index is -0.466. The second-order valence-corrected chi connectivity index (χ2v) is 6.51. The highest BCUT2D eigenvalue weighted by Gasteiger charge is 2.32. The van der Waals surface area contributed by atoms with E-state index in [0.29, 0.717) is 12.1 Å². The van der Waals surface area contributed by atoms with Crippen molar-refractivity contribution in [2.24, 2.45) is 0 Å². The van der Waals surface area contributed by atoms with Crippen molar-refractivity contribution in [1.82, 2.24) is 14.8 Å². The Bertz CT molecular complexity index is 1130. The minimum Gasteiger partial charge on any atom is -0.342 e. The Morgan fingerprint density at radius 2 is 1.82 bits per heavy atom. The lowest BCUT2D eigenvalue weighted by Gasteiger charge is -2.06. The van der Waals surface area contributed by atoms with Crippen LogP contribution in [0.4, 0.5) is 9.18 Å². The molecule has 0 saturated carbocycles. The molecule has 0 bridgehead atoms. The number of nitrogens with zero attached hydrogens (tertiary/aromatic N) is 2. The first-order chi connectivity index (χ1) is 13.6. The summed E-state index contributed by atoms with van der Waals surface area (Å²) in [5.41, 5.74) is 2.47. The van der Waals surface area contributed by atoms with Crippen LogP contribution in [0.15, 0.2) is 73.1 Å². The van der Waals surface area contributed by atoms with Gasteiger partial charge >= 0.3 is 6.03 Å². The number of urea groups is 1. The third-order valence-electron chi connectivity index (χ3n) is 4.69. The molecule has 2 aromatic carbocycles. The minimum absolute atomic E-state index is 0.150. The van der Waals surface area contributed by atoms with Gasteiger partial charge in [0.15, 0.2) is 0 Å². The molecular weight excluding hydrogens is 357 g/mol. The molecule has 1 saturated heterocycles. The lowest BCUT2D eigenvalue weighted by atomic mass is 10.1. The summed E-state index contributed by atoms with van der Waals surface area (Å²) >= 11 is 0. The van der Waals surface area contributed by atoms with Gasteiger partial charge in [-0.1, -0.05) is 42.5 Å². The molecular formula is C22H18FN3O2. The summed E-state index contributed by atoms with van der Waals surface area (Å²) in [5.74, 6) is -0.658. The first-order valence-corrected chi connectivity index (χ1v) is 8.85. The summed E-state index contributed by atoms with van der Waals surface area (Å²) in [6.07, 6.45) is 5.02. The summed E-state index contributed by atoms with van der Waals surface area (Å²) in [6.45, 7) is 4.08. The van der Waals surface area contributed by atoms with Gasteiger partial charge in [-0.05, 0) is 18.2 Å². The van der Waals surface area contributed by atoms with E-state index >= 15 is 0 Å². The van der Waals surface area contributed by atoms with Crippen LogP contribution in [-0.4, -0.2) is 28.0 Å². The SMILES string of the molecule is C=CCN1C(=O)NC(=Cc2cn(Cc3ccccc3F)c3ccccc23)C1=O. The van der Waals surface area contributed by atoms with E-state index in [1.807, 2.05) is 35.0 Å². The van der Waals surface area contributed by atoms with Crippen LogP contribution in [0.1, 0.15) is 11.1 Å². The molecule has 5 nitrogen and oxygen atoms in total. The van der Waals surface area contributed by atoms with Gasteiger partial charge in [0.05, 0.1) is 6.54 Å². The number of carbonyl (C=O) groups is 2. The molecule has 4 rings (SSSR count). The van der Waals surface area contributed by atoms with Crippen molar-refractivity contribution in [2.45, 2.75) is 6.54 Å². The Morgan fingerprint density at radius 1 is 1.07 bits per heavy atom. The molecule has 2 heterocycles. The van der Waals surface area contributed by atoms with Crippen LogP contribution in [0.25, 0.3) is 17.0 Å². The highest BCUT2D eigenvalue weighted by Crippen LogP contribution is 2.26. The van der Waals surface area contributed by atoms with Gasteiger partial charge in [0, 0.05) is 34.8 Å². The zero-order chi connectivity index (χ0) is 19.7. The summed E-state index contributed by atoms with van der Waals surface area (Å²) in [7, 11) is 0. The fraction of sp³-hybridized carbons (Fsp3) is 0.0909. The van der Waals surface area contributed by atoms with Crippen LogP contribution in [-0.2, 0) is 11.3 Å². The normalized spacial score (nSPS) is 15.5. The quantitative estimate of drug-likeness (QED) is 0.418. The van der Waals surface area contributed by atoms with Crippen molar-refractivity contribution < 1.29 is 14.0 Å². The number of imide groups is 1. The molecule has 140 valence electrons. The maximum atomic E-state index is 14.1. The third kappa shape index (κ3) is 3.09. The van der Waals surface area contributed by atoms with Gasteiger partial charge in [0.25, 0.3) is 5.91 Å². The third-order valence-corrected chi connectivity index (χ3v) is 4.69. The van der Waals surface area contributed by atoms with Gasteiger partial charge in [-0.25, -0.2) is 9.18 Å². The number of fused-ring (bicyclic) bond motifs is 1. The fourth-order valence-corrected chi connectivity index (χ4v) is 3.35. The van der Waals surface area contributed by atoms with Crippen molar-refractivity contribution in [3.8, 4) is 0 Å². The van der Waals surface area contributed by atoms with Crippen molar-refractivity contribution in [2.75, 3.05) is 6.54 Å². The van der Waals surface area contributed by atoms with E-state index in [9.17, 15) is 14.0 Å². The smallest absolute Gasteiger partial charge is 0.329 e. The van der Waals surface area contributed by atoms with E-state index in [-0.39, 0.29) is 18.1 Å². The first kappa shape index (κ1) is 17.7. The zero-order valence-corrected chi connectivity index (χ0v) is 15.1. The molecule has 1 N–H and O–H groups in total. The molecule has 3 amide bonds. The molecule has 0 aliphatic carbocycles. The van der Waals surface area contributed by atoms with Crippen LogP contribution >= 0.6 is 0 Å². The van der Waals surface area contributed by atoms with Crippen LogP contribution in [0.2, 0.25) is 0 Å². The average Bonchev–Trinajstić information content (AvgIpc) is 3.17. The standard InChI is InChI=1S/C22H18FN3O2/c1-2-11-26-21(27)19(24-22(26)28)12-16-14-25(20-10-6-4-8-17(16)20)13-15-7-3-5-9-18(15)23/h2-10,12,14H,1,11,13H2,(H,24,28). The Hall–Kier alpha value is -3.67. The maximum Gasteiger partial charge on any atom is 0.329 e. The molecule has 28 heavy (non-hydrogen) atoms. The monoisotopic (exact) mass is 375 g/mol. The molecule has 3 aromatic rings. The van der Waals surface area contributed by atoms with Gasteiger partial charge in [-0.3, -0.25) is 9.69 Å². The maximum absolute atomic E-state index is 14.1. The Labute approximate surface area is 161 Å². The number of hydrogen-bond acceptors (Lipinski definition) is 2. The Balaban J connectivity index is 1.75. The van der Waals surface area contributed by atoms with Crippen LogP contribution in [0, 0.1) is 5.82 Å². The van der Waals surface area contributed by atoms with Crippen molar-refractivity contribution >= 4 is 28.9 Å². The molecule has 1 aliphatic heterocycles. The van der Waals surface area contributed by atoms with Gasteiger partial charge in [0.2, 0.25) is 0 Å². The highest BCUT2D eigenvalue weighted by molar-refractivity contribution is 6.14. The van der Waals surface area contributed by atoms with Crippen LogP contribution in [0.3, 0.4) is 0 Å². The molecule has 0 unspecified atom stereocenters. The summed E-state index contributed by atoms with van der Waals surface area (Å²) < 4.78 is 16.0. The number of rotatable bonds is 5. The number of nitrogens with one attached hydrogen (secondary N) is 1. The van der Waals surface area contributed by atoms with E-state index in [4.69, 9.17) is 0 Å². The van der Waals surface area contributed by atoms with Gasteiger partial charge in [-0.15, -0.1) is 6.58 Å². The van der Waals surface area contributed by atoms with E-state index < -0.39 is 11.9 Å². The largest absolute Gasteiger partial charge is 0.342 e. The summed E-state index contributed by atoms with van der Waals surface area (Å²) in [6, 6.07) is 13.9. The van der Waals surface area contributed by atoms with Crippen LogP contribution < -0.4 is 5.32 Å². The number of halogens is 1. The van der Waals surface area contributed by atoms with Crippen molar-refractivity contribution in [3.05, 3.63) is 90.0 Å². The zero-order valence-electron chi connectivity index (χ0n) is 15.1. The second-order valence-electron chi connectivity index (χ2n) is 6.51. The van der Waals surface area contributed by atoms with Gasteiger partial charge in [0.1, 0.15) is 11.5 Å². The van der Waals surface area contributed by atoms with Gasteiger partial charge in [-0.2, -0.15) is 0 Å². The van der Waals surface area contributed by atoms with E-state index in [1.165, 1.54) is 12.1 Å². The average molecular weight is 375 g/mol. The van der Waals surface area contributed by atoms with Crippen molar-refractivity contribution in [3.63, 3.8) is 0 Å². The number of aromatic nitrogens is 1. The molecule has 1 aliphatic rings. The number of benzene rings is 2. The lowest BCUT2D eigenvalue weighted by Crippen LogP contribution is -2.30. The van der Waals surface area contributed by atoms with E-state index in [0.717, 1.165) is 21.4 Å². The lowest BCUT2D eigenvalue weighted by molar-refractivity contribution is -0.122. The number of amides is 3. The van der Waals surface area contributed by atoms with Crippen molar-refractivity contribution in [1.29, 1.82) is 0 Å². The summed E-state index contributed by atoms with van der Waals surface area (Å²) in [5, 5.41) is 3.51. The fourth-order valence-electron chi connectivity index (χ4n) is 3.35. The Morgan fingerprint density at radius 3 is 2.61 bits per heavy atom. The van der Waals surface area contributed by atoms with Crippen LogP contribution in [0.5, 0.6) is 0 Å². The summed E-state index contributed by atoms with van der Waals surface area (Å²) in [4.78, 5) is 25.5. The number of carbonyl (C=O) groups excluding carboxylic acids is 2. The van der Waals surface area contributed by atoms with Gasteiger partial charge < -0.3 is 9.88 Å². The predicted molar refractivity (Wildman–Crippen MR) is 106 cm³/mol. The predicted octanol–water partition coefficient (Wildman–Crippen LogP) is 3.91. The molecule has 0 radical (unpaired) electrons. The first-order valence-electron chi connectivity index (χ1n) is 8.85.